The Hall–Kier alpha value is -2.78. The van der Waals surface area contributed by atoms with Crippen LogP contribution in [0.25, 0.3) is 22.2 Å². The number of rotatable bonds is 6. The van der Waals surface area contributed by atoms with E-state index in [0.29, 0.717) is 32.9 Å². The minimum absolute atomic E-state index is 0.0443. The van der Waals surface area contributed by atoms with E-state index in [0.717, 1.165) is 32.4 Å². The van der Waals surface area contributed by atoms with Crippen LogP contribution in [0, 0.1) is 12.7 Å². The summed E-state index contributed by atoms with van der Waals surface area (Å²) < 4.78 is 29.3. The van der Waals surface area contributed by atoms with E-state index in [-0.39, 0.29) is 24.0 Å². The third-order valence-electron chi connectivity index (χ3n) is 6.04. The van der Waals surface area contributed by atoms with Crippen LogP contribution in [-0.4, -0.2) is 51.5 Å². The lowest BCUT2D eigenvalue weighted by Gasteiger charge is -2.29. The van der Waals surface area contributed by atoms with Gasteiger partial charge in [0.15, 0.2) is 5.82 Å². The monoisotopic (exact) mass is 490 g/mol. The van der Waals surface area contributed by atoms with E-state index in [4.69, 9.17) is 17.3 Å². The average molecular weight is 491 g/mol. The highest BCUT2D eigenvalue weighted by molar-refractivity contribution is 6.34. The summed E-state index contributed by atoms with van der Waals surface area (Å²) in [6, 6.07) is 4.84. The molecule has 1 atom stereocenters. The number of benzene rings is 1. The molecule has 4 rings (SSSR count). The second kappa shape index (κ2) is 9.46. The lowest BCUT2D eigenvalue weighted by molar-refractivity contribution is 0.00318. The maximum atomic E-state index is 14.9. The molecule has 0 saturated carbocycles. The van der Waals surface area contributed by atoms with Gasteiger partial charge in [0.2, 0.25) is 5.95 Å². The molecule has 1 aromatic carbocycles. The Morgan fingerprint density at radius 2 is 1.88 bits per heavy atom. The maximum Gasteiger partial charge on any atom is 0.225 e. The highest BCUT2D eigenvalue weighted by Crippen LogP contribution is 2.37. The van der Waals surface area contributed by atoms with Crippen molar-refractivity contribution < 1.29 is 13.9 Å². The van der Waals surface area contributed by atoms with Crippen LogP contribution in [-0.2, 0) is 0 Å². The number of alkyl halides is 1. The number of aliphatic hydroxyl groups is 1. The number of pyridine rings is 1. The standard InChI is InChI=1S/C24H29ClF2N6O/c1-13-9-19(28)31-21(20(13)27)14-11-17-15(10-16(14)25)22(33-7-5-4-6-8-33)32-23(30-17)29-12-18(26)24(2,3)34/h9-11,18,34H,4-8,12H2,1-3H3,(H2,28,31)(H,29,30,32)/t18-/m1/s1. The van der Waals surface area contributed by atoms with Gasteiger partial charge in [-0.15, -0.1) is 0 Å². The number of nitrogens with one attached hydrogen (secondary N) is 1. The molecule has 1 fully saturated rings. The Morgan fingerprint density at radius 1 is 1.18 bits per heavy atom. The molecule has 0 spiro atoms. The topological polar surface area (TPSA) is 100 Å². The van der Waals surface area contributed by atoms with Gasteiger partial charge < -0.3 is 21.1 Å². The number of aromatic nitrogens is 3. The Balaban J connectivity index is 1.84. The van der Waals surface area contributed by atoms with E-state index >= 15 is 0 Å². The fourth-order valence-corrected chi connectivity index (χ4v) is 4.29. The number of nitrogens with zero attached hydrogens (tertiary/aromatic N) is 4. The summed E-state index contributed by atoms with van der Waals surface area (Å²) in [6.07, 6.45) is 1.68. The number of piperidine rings is 1. The summed E-state index contributed by atoms with van der Waals surface area (Å²) in [5.41, 5.74) is 5.63. The van der Waals surface area contributed by atoms with Crippen molar-refractivity contribution in [2.24, 2.45) is 0 Å². The molecule has 0 unspecified atom stereocenters. The molecule has 182 valence electrons. The second-order valence-corrected chi connectivity index (χ2v) is 9.70. The Bertz CT molecular complexity index is 1210. The number of aryl methyl sites for hydroxylation is 1. The third-order valence-corrected chi connectivity index (χ3v) is 6.35. The number of hydrogen-bond acceptors (Lipinski definition) is 7. The fraction of sp³-hybridized carbons (Fsp3) is 0.458. The van der Waals surface area contributed by atoms with Gasteiger partial charge in [0.05, 0.1) is 22.7 Å². The second-order valence-electron chi connectivity index (χ2n) is 9.30. The normalized spacial score (nSPS) is 15.6. The number of halogens is 3. The van der Waals surface area contributed by atoms with E-state index in [1.165, 1.54) is 19.9 Å². The smallest absolute Gasteiger partial charge is 0.225 e. The molecule has 1 aliphatic heterocycles. The number of nitrogen functional groups attached to an aromatic ring is 1. The predicted octanol–water partition coefficient (Wildman–Crippen LogP) is 4.89. The molecule has 4 N–H and O–H groups in total. The first-order chi connectivity index (χ1) is 16.0. The van der Waals surface area contributed by atoms with Crippen LogP contribution in [0.15, 0.2) is 18.2 Å². The molecule has 2 aromatic heterocycles. The summed E-state index contributed by atoms with van der Waals surface area (Å²) >= 11 is 6.60. The summed E-state index contributed by atoms with van der Waals surface area (Å²) in [5.74, 6) is 0.566. The van der Waals surface area contributed by atoms with Crippen molar-refractivity contribution in [1.29, 1.82) is 0 Å². The van der Waals surface area contributed by atoms with Gasteiger partial charge in [-0.3, -0.25) is 0 Å². The van der Waals surface area contributed by atoms with Gasteiger partial charge in [0, 0.05) is 24.0 Å². The van der Waals surface area contributed by atoms with Gasteiger partial charge in [0.1, 0.15) is 23.5 Å². The van der Waals surface area contributed by atoms with Crippen molar-refractivity contribution in [1.82, 2.24) is 15.0 Å². The van der Waals surface area contributed by atoms with Gasteiger partial charge in [-0.05, 0) is 63.8 Å². The van der Waals surface area contributed by atoms with Crippen LogP contribution >= 0.6 is 11.6 Å². The van der Waals surface area contributed by atoms with Crippen molar-refractivity contribution in [3.63, 3.8) is 0 Å². The number of nitrogens with two attached hydrogens (primary N) is 1. The zero-order valence-electron chi connectivity index (χ0n) is 19.5. The van der Waals surface area contributed by atoms with E-state index in [1.807, 2.05) is 0 Å². The number of anilines is 3. The first-order valence-corrected chi connectivity index (χ1v) is 11.7. The Morgan fingerprint density at radius 3 is 2.56 bits per heavy atom. The molecule has 0 amide bonds. The van der Waals surface area contributed by atoms with E-state index in [1.54, 1.807) is 19.1 Å². The molecule has 7 nitrogen and oxygen atoms in total. The van der Waals surface area contributed by atoms with Crippen molar-refractivity contribution in [2.45, 2.75) is 51.8 Å². The van der Waals surface area contributed by atoms with Crippen LogP contribution in [0.1, 0.15) is 38.7 Å². The van der Waals surface area contributed by atoms with Gasteiger partial charge in [-0.25, -0.2) is 18.7 Å². The van der Waals surface area contributed by atoms with E-state index in [9.17, 15) is 13.9 Å². The Kier molecular flexibility index (Phi) is 6.78. The van der Waals surface area contributed by atoms with Crippen LogP contribution in [0.2, 0.25) is 5.02 Å². The first kappa shape index (κ1) is 24.3. The largest absolute Gasteiger partial charge is 0.387 e. The van der Waals surface area contributed by atoms with E-state index in [2.05, 4.69) is 25.2 Å². The summed E-state index contributed by atoms with van der Waals surface area (Å²) in [5, 5.41) is 13.8. The minimum Gasteiger partial charge on any atom is -0.387 e. The predicted molar refractivity (Wildman–Crippen MR) is 133 cm³/mol. The first-order valence-electron chi connectivity index (χ1n) is 11.3. The zero-order chi connectivity index (χ0) is 24.6. The zero-order valence-corrected chi connectivity index (χ0v) is 20.3. The molecular weight excluding hydrogens is 462 g/mol. The maximum absolute atomic E-state index is 14.9. The summed E-state index contributed by atoms with van der Waals surface area (Å²) in [7, 11) is 0. The lowest BCUT2D eigenvalue weighted by Crippen LogP contribution is -2.38. The number of fused-ring (bicyclic) bond motifs is 1. The molecule has 3 aromatic rings. The highest BCUT2D eigenvalue weighted by Gasteiger charge is 2.27. The molecule has 3 heterocycles. The molecular formula is C24H29ClF2N6O. The summed E-state index contributed by atoms with van der Waals surface area (Å²) in [4.78, 5) is 15.5. The van der Waals surface area contributed by atoms with Gasteiger partial charge in [0.25, 0.3) is 0 Å². The summed E-state index contributed by atoms with van der Waals surface area (Å²) in [6.45, 7) is 5.90. The van der Waals surface area contributed by atoms with Crippen LogP contribution in [0.5, 0.6) is 0 Å². The SMILES string of the molecule is Cc1cc(N)nc(-c2cc3nc(NC[C@@H](F)C(C)(C)O)nc(N4CCCCC4)c3cc2Cl)c1F. The molecule has 0 radical (unpaired) electrons. The molecule has 1 aliphatic rings. The van der Waals surface area contributed by atoms with Crippen molar-refractivity contribution >= 4 is 40.1 Å². The quantitative estimate of drug-likeness (QED) is 0.452. The molecule has 0 bridgehead atoms. The fourth-order valence-electron chi connectivity index (χ4n) is 4.03. The average Bonchev–Trinajstić information content (AvgIpc) is 2.79. The molecule has 0 aliphatic carbocycles. The van der Waals surface area contributed by atoms with Crippen LogP contribution in [0.3, 0.4) is 0 Å². The van der Waals surface area contributed by atoms with Gasteiger partial charge in [-0.1, -0.05) is 11.6 Å². The van der Waals surface area contributed by atoms with Crippen LogP contribution < -0.4 is 16.0 Å². The number of hydrogen-bond donors (Lipinski definition) is 3. The third kappa shape index (κ3) is 5.00. The van der Waals surface area contributed by atoms with Crippen LogP contribution in [0.4, 0.5) is 26.4 Å². The van der Waals surface area contributed by atoms with Crippen molar-refractivity contribution in [2.75, 3.05) is 35.6 Å². The Labute approximate surface area is 202 Å². The minimum atomic E-state index is -1.53. The van der Waals surface area contributed by atoms with Gasteiger partial charge >= 0.3 is 0 Å². The highest BCUT2D eigenvalue weighted by atomic mass is 35.5. The van der Waals surface area contributed by atoms with Crippen molar-refractivity contribution in [3.05, 3.63) is 34.6 Å². The molecule has 10 heteroatoms. The lowest BCUT2D eigenvalue weighted by atomic mass is 10.0. The molecule has 34 heavy (non-hydrogen) atoms. The van der Waals surface area contributed by atoms with Gasteiger partial charge in [-0.2, -0.15) is 4.98 Å². The van der Waals surface area contributed by atoms with Crippen molar-refractivity contribution in [3.8, 4) is 11.3 Å². The van der Waals surface area contributed by atoms with E-state index < -0.39 is 17.6 Å². The molecule has 1 saturated heterocycles.